The second-order valence-corrected chi connectivity index (χ2v) is 9.63. The molecule has 3 aromatic rings. The topological polar surface area (TPSA) is 141 Å². The number of amides is 2. The maximum absolute atomic E-state index is 12.9. The van der Waals surface area contributed by atoms with Gasteiger partial charge in [0.05, 0.1) is 11.4 Å². The highest BCUT2D eigenvalue weighted by atomic mass is 32.2. The van der Waals surface area contributed by atoms with Gasteiger partial charge in [-0.3, -0.25) is 14.4 Å². The molecule has 0 atom stereocenters. The molecule has 11 heteroatoms. The first kappa shape index (κ1) is 23.3. The summed E-state index contributed by atoms with van der Waals surface area (Å²) < 4.78 is 26.9. The van der Waals surface area contributed by atoms with Crippen LogP contribution in [0, 0.1) is 0 Å². The van der Waals surface area contributed by atoms with Crippen LogP contribution >= 0.6 is 0 Å². The minimum Gasteiger partial charge on any atom is -0.354 e. The number of hydrogen-bond donors (Lipinski definition) is 3. The molecule has 1 aromatic heterocycles. The van der Waals surface area contributed by atoms with E-state index in [9.17, 15) is 22.8 Å². The number of nitrogens with zero attached hydrogens (tertiary/aromatic N) is 2. The molecule has 2 amide bonds. The van der Waals surface area contributed by atoms with E-state index in [2.05, 4.69) is 20.6 Å². The number of aryl methyl sites for hydroxylation is 1. The molecule has 0 unspecified atom stereocenters. The number of carbonyl (C=O) groups is 2. The highest BCUT2D eigenvalue weighted by Gasteiger charge is 2.29. The Kier molecular flexibility index (Phi) is 6.57. The van der Waals surface area contributed by atoms with Gasteiger partial charge in [0.1, 0.15) is 5.82 Å². The van der Waals surface area contributed by atoms with Crippen molar-refractivity contribution in [2.75, 3.05) is 25.0 Å². The molecular formula is C23H23N5O5S. The van der Waals surface area contributed by atoms with Crippen molar-refractivity contribution in [3.05, 3.63) is 76.2 Å². The third-order valence-corrected chi connectivity index (χ3v) is 7.13. The summed E-state index contributed by atoms with van der Waals surface area (Å²) in [5, 5.41) is 5.33. The number of rotatable bonds is 6. The molecule has 0 saturated carbocycles. The molecule has 10 nitrogen and oxygen atoms in total. The zero-order valence-electron chi connectivity index (χ0n) is 18.4. The summed E-state index contributed by atoms with van der Waals surface area (Å²) in [6.07, 6.45) is 0.606. The molecule has 34 heavy (non-hydrogen) atoms. The van der Waals surface area contributed by atoms with Crippen molar-refractivity contribution in [3.8, 4) is 11.4 Å². The average Bonchev–Trinajstić information content (AvgIpc) is 2.84. The monoisotopic (exact) mass is 481 g/mol. The minimum absolute atomic E-state index is 0.0678. The van der Waals surface area contributed by atoms with E-state index < -0.39 is 15.9 Å². The zero-order chi connectivity index (χ0) is 24.3. The highest BCUT2D eigenvalue weighted by molar-refractivity contribution is 7.89. The fourth-order valence-electron chi connectivity index (χ4n) is 3.54. The van der Waals surface area contributed by atoms with Gasteiger partial charge in [0, 0.05) is 41.7 Å². The summed E-state index contributed by atoms with van der Waals surface area (Å²) in [4.78, 5) is 43.4. The van der Waals surface area contributed by atoms with Gasteiger partial charge in [0.15, 0.2) is 0 Å². The number of nitrogens with one attached hydrogen (secondary N) is 3. The standard InChI is InChI=1S/C23H23N5O5S/c1-2-17-13-20(29)27-22(25-17)15-5-3-7-18(11-15)26-23(31)16-6-4-8-19(12-16)34(32,33)28-10-9-24-21(30)14-28/h3-8,11-13H,2,9-10,14H2,1H3,(H,24,30)(H,26,31)(H,25,27,29). The molecule has 3 N–H and O–H groups in total. The number of carbonyl (C=O) groups excluding carboxylic acids is 2. The van der Waals surface area contributed by atoms with E-state index in [1.54, 1.807) is 24.3 Å². The molecule has 1 fully saturated rings. The molecule has 0 radical (unpaired) electrons. The molecule has 176 valence electrons. The fourth-order valence-corrected chi connectivity index (χ4v) is 4.98. The van der Waals surface area contributed by atoms with E-state index >= 15 is 0 Å². The first-order chi connectivity index (χ1) is 16.3. The van der Waals surface area contributed by atoms with Crippen molar-refractivity contribution < 1.29 is 18.0 Å². The molecule has 2 heterocycles. The van der Waals surface area contributed by atoms with E-state index in [0.717, 1.165) is 4.31 Å². The van der Waals surface area contributed by atoms with E-state index in [0.29, 0.717) is 29.2 Å². The van der Waals surface area contributed by atoms with Gasteiger partial charge in [-0.25, -0.2) is 13.4 Å². The van der Waals surface area contributed by atoms with Crippen molar-refractivity contribution >= 4 is 27.5 Å². The van der Waals surface area contributed by atoms with Crippen LogP contribution in [0.2, 0.25) is 0 Å². The van der Waals surface area contributed by atoms with Crippen LogP contribution in [-0.2, 0) is 21.2 Å². The smallest absolute Gasteiger partial charge is 0.255 e. The van der Waals surface area contributed by atoms with Crippen molar-refractivity contribution in [2.45, 2.75) is 18.2 Å². The Bertz CT molecular complexity index is 1420. The predicted molar refractivity (Wildman–Crippen MR) is 126 cm³/mol. The van der Waals surface area contributed by atoms with Crippen molar-refractivity contribution in [1.29, 1.82) is 0 Å². The summed E-state index contributed by atoms with van der Waals surface area (Å²) in [5.74, 6) is -0.489. The summed E-state index contributed by atoms with van der Waals surface area (Å²) in [7, 11) is -3.93. The van der Waals surface area contributed by atoms with Crippen molar-refractivity contribution in [2.24, 2.45) is 0 Å². The second-order valence-electron chi connectivity index (χ2n) is 7.69. The van der Waals surface area contributed by atoms with Crippen LogP contribution in [0.15, 0.2) is 64.3 Å². The lowest BCUT2D eigenvalue weighted by atomic mass is 10.1. The fraction of sp³-hybridized carbons (Fsp3) is 0.217. The number of benzene rings is 2. The summed E-state index contributed by atoms with van der Waals surface area (Å²) >= 11 is 0. The van der Waals surface area contributed by atoms with Gasteiger partial charge in [0.2, 0.25) is 15.9 Å². The van der Waals surface area contributed by atoms with Crippen LogP contribution in [-0.4, -0.2) is 54.1 Å². The largest absolute Gasteiger partial charge is 0.354 e. The predicted octanol–water partition coefficient (Wildman–Crippen LogP) is 1.37. The van der Waals surface area contributed by atoms with Gasteiger partial charge in [-0.2, -0.15) is 4.31 Å². The number of hydrogen-bond acceptors (Lipinski definition) is 6. The summed E-state index contributed by atoms with van der Waals surface area (Å²) in [6.45, 7) is 2.03. The Balaban J connectivity index is 1.56. The SMILES string of the molecule is CCc1cc(=O)[nH]c(-c2cccc(NC(=O)c3cccc(S(=O)(=O)N4CCNC(=O)C4)c3)c2)n1. The summed E-state index contributed by atoms with van der Waals surface area (Å²) in [6, 6.07) is 13.9. The number of aromatic nitrogens is 2. The number of H-pyrrole nitrogens is 1. The van der Waals surface area contributed by atoms with Crippen LogP contribution < -0.4 is 16.2 Å². The van der Waals surface area contributed by atoms with Crippen LogP contribution in [0.4, 0.5) is 5.69 Å². The first-order valence-corrected chi connectivity index (χ1v) is 12.1. The molecule has 0 aliphatic carbocycles. The van der Waals surface area contributed by atoms with Gasteiger partial charge in [-0.05, 0) is 36.8 Å². The Morgan fingerprint density at radius 2 is 1.91 bits per heavy atom. The molecular weight excluding hydrogens is 458 g/mol. The number of sulfonamides is 1. The quantitative estimate of drug-likeness (QED) is 0.486. The van der Waals surface area contributed by atoms with E-state index in [-0.39, 0.29) is 41.6 Å². The van der Waals surface area contributed by atoms with Crippen LogP contribution in [0.25, 0.3) is 11.4 Å². The third-order valence-electron chi connectivity index (χ3n) is 5.29. The average molecular weight is 482 g/mol. The Labute approximate surface area is 196 Å². The second kappa shape index (κ2) is 9.57. The Hall–Kier alpha value is -3.83. The number of piperazine rings is 1. The Morgan fingerprint density at radius 3 is 2.68 bits per heavy atom. The highest BCUT2D eigenvalue weighted by Crippen LogP contribution is 2.21. The minimum atomic E-state index is -3.93. The number of aromatic amines is 1. The van der Waals surface area contributed by atoms with Crippen molar-refractivity contribution in [1.82, 2.24) is 19.6 Å². The molecule has 0 bridgehead atoms. The zero-order valence-corrected chi connectivity index (χ0v) is 19.2. The third kappa shape index (κ3) is 5.05. The maximum atomic E-state index is 12.9. The van der Waals surface area contributed by atoms with Crippen LogP contribution in [0.5, 0.6) is 0 Å². The van der Waals surface area contributed by atoms with Gasteiger partial charge >= 0.3 is 0 Å². The van der Waals surface area contributed by atoms with Gasteiger partial charge < -0.3 is 15.6 Å². The molecule has 2 aromatic carbocycles. The lowest BCUT2D eigenvalue weighted by molar-refractivity contribution is -0.122. The molecule has 1 saturated heterocycles. The van der Waals surface area contributed by atoms with Crippen molar-refractivity contribution in [3.63, 3.8) is 0 Å². The van der Waals surface area contributed by atoms with Gasteiger partial charge in [-0.1, -0.05) is 25.1 Å². The summed E-state index contributed by atoms with van der Waals surface area (Å²) in [5.41, 5.74) is 1.60. The van der Waals surface area contributed by atoms with Gasteiger partial charge in [0.25, 0.3) is 11.5 Å². The first-order valence-electron chi connectivity index (χ1n) is 10.6. The molecule has 1 aliphatic rings. The van der Waals surface area contributed by atoms with E-state index in [1.807, 2.05) is 6.92 Å². The molecule has 1 aliphatic heterocycles. The van der Waals surface area contributed by atoms with Crippen LogP contribution in [0.1, 0.15) is 23.0 Å². The Morgan fingerprint density at radius 1 is 1.12 bits per heavy atom. The lowest BCUT2D eigenvalue weighted by Gasteiger charge is -2.26. The normalized spacial score (nSPS) is 14.4. The van der Waals surface area contributed by atoms with E-state index in [4.69, 9.17) is 0 Å². The lowest BCUT2D eigenvalue weighted by Crippen LogP contribution is -2.49. The van der Waals surface area contributed by atoms with Crippen LogP contribution in [0.3, 0.4) is 0 Å². The molecule has 4 rings (SSSR count). The number of anilines is 1. The van der Waals surface area contributed by atoms with E-state index in [1.165, 1.54) is 30.3 Å². The molecule has 0 spiro atoms. The van der Waals surface area contributed by atoms with Gasteiger partial charge in [-0.15, -0.1) is 0 Å². The maximum Gasteiger partial charge on any atom is 0.255 e.